The molecule has 0 aliphatic carbocycles. The molecule has 53 heavy (non-hydrogen) atoms. The minimum atomic E-state index is -2.33. The number of nitrogens with zero attached hydrogens (tertiary/aromatic N) is 1. The Labute approximate surface area is 333 Å². The summed E-state index contributed by atoms with van der Waals surface area (Å²) in [5.74, 6) is 0.634. The van der Waals surface area contributed by atoms with E-state index < -0.39 is 8.56 Å². The van der Waals surface area contributed by atoms with Crippen LogP contribution in [0.25, 0.3) is 0 Å². The molecule has 0 fully saturated rings. The summed E-state index contributed by atoms with van der Waals surface area (Å²) in [6.07, 6.45) is 43.1. The van der Waals surface area contributed by atoms with Gasteiger partial charge in [-0.2, -0.15) is 0 Å². The van der Waals surface area contributed by atoms with Crippen molar-refractivity contribution in [1.29, 1.82) is 0 Å². The molecule has 0 saturated heterocycles. The smallest absolute Gasteiger partial charge is 0.333 e. The van der Waals surface area contributed by atoms with Gasteiger partial charge in [-0.3, -0.25) is 4.90 Å². The Hall–Kier alpha value is -0.283. The van der Waals surface area contributed by atoms with Crippen molar-refractivity contribution in [2.75, 3.05) is 46.1 Å². The third-order valence-electron chi connectivity index (χ3n) is 10.7. The minimum Gasteiger partial charge on any atom is -0.395 e. The van der Waals surface area contributed by atoms with Crippen LogP contribution in [-0.2, 0) is 13.6 Å². The van der Waals surface area contributed by atoms with Crippen LogP contribution in [0.1, 0.15) is 213 Å². The molecule has 0 heterocycles. The summed E-state index contributed by atoms with van der Waals surface area (Å²) < 4.78 is 19.9. The second kappa shape index (κ2) is 41.4. The van der Waals surface area contributed by atoms with Gasteiger partial charge in [0.1, 0.15) is 6.29 Å². The summed E-state index contributed by atoms with van der Waals surface area (Å²) in [5, 5.41) is 18.5. The summed E-state index contributed by atoms with van der Waals surface area (Å²) in [6, 6.07) is 0. The van der Waals surface area contributed by atoms with Gasteiger partial charge in [-0.15, -0.1) is 0 Å². The lowest BCUT2D eigenvalue weighted by Crippen LogP contribution is -2.40. The summed E-state index contributed by atoms with van der Waals surface area (Å²) in [4.78, 5) is 2.14. The summed E-state index contributed by atoms with van der Waals surface area (Å²) in [6.45, 7) is 15.4. The number of unbranched alkanes of at least 4 members (excludes halogenated alkanes) is 22. The lowest BCUT2D eigenvalue weighted by Gasteiger charge is -2.30. The van der Waals surface area contributed by atoms with E-state index in [4.69, 9.17) is 13.6 Å². The molecular weight excluding hydrogens is 675 g/mol. The van der Waals surface area contributed by atoms with Crippen molar-refractivity contribution in [3.05, 3.63) is 12.2 Å². The van der Waals surface area contributed by atoms with Crippen LogP contribution in [0.2, 0.25) is 13.1 Å². The van der Waals surface area contributed by atoms with Crippen molar-refractivity contribution in [2.24, 2.45) is 5.92 Å². The van der Waals surface area contributed by atoms with Crippen molar-refractivity contribution in [3.63, 3.8) is 0 Å². The Morgan fingerprint density at radius 2 is 0.943 bits per heavy atom. The average molecular weight is 770 g/mol. The Morgan fingerprint density at radius 3 is 1.47 bits per heavy atom. The topological polar surface area (TPSA) is 71.4 Å². The van der Waals surface area contributed by atoms with E-state index in [1.807, 2.05) is 0 Å². The van der Waals surface area contributed by atoms with Crippen LogP contribution < -0.4 is 0 Å². The molecule has 0 aromatic carbocycles. The predicted molar refractivity (Wildman–Crippen MR) is 233 cm³/mol. The Morgan fingerprint density at radius 1 is 0.509 bits per heavy atom. The van der Waals surface area contributed by atoms with E-state index in [2.05, 4.69) is 50.9 Å². The number of aliphatic hydroxyl groups excluding tert-OH is 2. The monoisotopic (exact) mass is 770 g/mol. The molecule has 2 N–H and O–H groups in total. The second-order valence-corrected chi connectivity index (χ2v) is 19.8. The number of aliphatic hydroxyl groups is 2. The fourth-order valence-electron chi connectivity index (χ4n) is 7.26. The highest BCUT2D eigenvalue weighted by atomic mass is 28.4. The van der Waals surface area contributed by atoms with Gasteiger partial charge in [0.25, 0.3) is 0 Å². The van der Waals surface area contributed by atoms with E-state index in [0.29, 0.717) is 19.0 Å². The van der Waals surface area contributed by atoms with Gasteiger partial charge in [0.05, 0.1) is 19.8 Å². The summed E-state index contributed by atoms with van der Waals surface area (Å²) in [5.41, 5.74) is 0. The molecule has 2 atom stereocenters. The summed E-state index contributed by atoms with van der Waals surface area (Å²) >= 11 is 0. The van der Waals surface area contributed by atoms with E-state index in [9.17, 15) is 10.2 Å². The van der Waals surface area contributed by atoms with E-state index in [-0.39, 0.29) is 19.5 Å². The van der Waals surface area contributed by atoms with Crippen molar-refractivity contribution >= 4 is 8.56 Å². The van der Waals surface area contributed by atoms with Gasteiger partial charge < -0.3 is 23.8 Å². The second-order valence-electron chi connectivity index (χ2n) is 16.5. The maximum absolute atomic E-state index is 9.25. The first-order chi connectivity index (χ1) is 25.9. The van der Waals surface area contributed by atoms with E-state index in [1.165, 1.54) is 154 Å². The van der Waals surface area contributed by atoms with E-state index in [0.717, 1.165) is 58.3 Å². The van der Waals surface area contributed by atoms with Crippen molar-refractivity contribution in [1.82, 2.24) is 4.90 Å². The fraction of sp³-hybridized carbons (Fsp3) is 0.957. The van der Waals surface area contributed by atoms with Crippen LogP contribution >= 0.6 is 0 Å². The molecule has 0 amide bonds. The quantitative estimate of drug-likeness (QED) is 0.0278. The molecule has 0 aliphatic rings. The van der Waals surface area contributed by atoms with Gasteiger partial charge >= 0.3 is 8.56 Å². The molecule has 0 radical (unpaired) electrons. The van der Waals surface area contributed by atoms with Gasteiger partial charge in [0.2, 0.25) is 0 Å². The highest BCUT2D eigenvalue weighted by Gasteiger charge is 2.29. The van der Waals surface area contributed by atoms with Crippen LogP contribution in [0.15, 0.2) is 12.2 Å². The highest BCUT2D eigenvalue weighted by molar-refractivity contribution is 6.64. The van der Waals surface area contributed by atoms with Crippen LogP contribution in [0.5, 0.6) is 0 Å². The SMILES string of the molecule is CCCCCCCC/C=C\CCCCCCCC(OCC(CCCCCC)CCCCCCCC)O[Si](C)(C)OCCCCCCN(CCO)CCO. The Balaban J connectivity index is 4.82. The van der Waals surface area contributed by atoms with Gasteiger partial charge in [-0.05, 0) is 89.8 Å². The summed E-state index contributed by atoms with van der Waals surface area (Å²) in [7, 11) is -2.33. The Bertz CT molecular complexity index is 733. The first kappa shape index (κ1) is 52.7. The maximum Gasteiger partial charge on any atom is 0.333 e. The van der Waals surface area contributed by atoms with Crippen LogP contribution in [0, 0.1) is 5.92 Å². The number of ether oxygens (including phenoxy) is 1. The van der Waals surface area contributed by atoms with Crippen LogP contribution in [0.4, 0.5) is 0 Å². The molecule has 0 aliphatic heterocycles. The number of hydrogen-bond donors (Lipinski definition) is 2. The molecular formula is C46H95NO5Si. The molecule has 0 saturated carbocycles. The lowest BCUT2D eigenvalue weighted by molar-refractivity contribution is -0.114. The first-order valence-corrected chi connectivity index (χ1v) is 26.3. The largest absolute Gasteiger partial charge is 0.395 e. The molecule has 2 unspecified atom stereocenters. The minimum absolute atomic E-state index is 0.147. The van der Waals surface area contributed by atoms with Gasteiger partial charge in [-0.1, -0.05) is 161 Å². The molecule has 6 nitrogen and oxygen atoms in total. The molecule has 0 aromatic rings. The van der Waals surface area contributed by atoms with Crippen LogP contribution in [0.3, 0.4) is 0 Å². The zero-order valence-corrected chi connectivity index (χ0v) is 37.5. The number of rotatable bonds is 44. The zero-order chi connectivity index (χ0) is 38.9. The third kappa shape index (κ3) is 38.4. The Kier molecular flexibility index (Phi) is 41.1. The molecule has 318 valence electrons. The van der Waals surface area contributed by atoms with Gasteiger partial charge in [-0.25, -0.2) is 0 Å². The van der Waals surface area contributed by atoms with Crippen molar-refractivity contribution in [2.45, 2.75) is 233 Å². The van der Waals surface area contributed by atoms with Gasteiger partial charge in [0.15, 0.2) is 0 Å². The number of allylic oxidation sites excluding steroid dienone is 2. The molecule has 0 spiro atoms. The van der Waals surface area contributed by atoms with E-state index in [1.54, 1.807) is 0 Å². The predicted octanol–water partition coefficient (Wildman–Crippen LogP) is 13.3. The number of hydrogen-bond acceptors (Lipinski definition) is 6. The normalized spacial score (nSPS) is 13.5. The average Bonchev–Trinajstić information content (AvgIpc) is 3.14. The van der Waals surface area contributed by atoms with Gasteiger partial charge in [0, 0.05) is 19.7 Å². The third-order valence-corrected chi connectivity index (χ3v) is 12.4. The standard InChI is InChI=1S/C46H95NO5Si/c1-6-9-12-15-17-18-19-20-21-22-23-24-25-27-32-37-46(50-44-45(35-30-14-11-8-3)36-31-26-16-13-10-7-2)52-53(4,5)51-43-34-29-28-33-38-47(39-41-48)40-42-49/h20-21,45-46,48-49H,6-19,22-44H2,1-5H3/b21-20-. The zero-order valence-electron chi connectivity index (χ0n) is 36.5. The fourth-order valence-corrected chi connectivity index (χ4v) is 8.79. The lowest BCUT2D eigenvalue weighted by atomic mass is 9.95. The molecule has 0 bridgehead atoms. The highest BCUT2D eigenvalue weighted by Crippen LogP contribution is 2.23. The molecule has 7 heteroatoms. The van der Waals surface area contributed by atoms with Crippen molar-refractivity contribution < 1.29 is 23.8 Å². The van der Waals surface area contributed by atoms with Crippen LogP contribution in [-0.4, -0.2) is 76.0 Å². The van der Waals surface area contributed by atoms with Crippen molar-refractivity contribution in [3.8, 4) is 0 Å². The first-order valence-electron chi connectivity index (χ1n) is 23.4. The molecule has 0 rings (SSSR count). The maximum atomic E-state index is 9.25. The molecule has 0 aromatic heterocycles. The van der Waals surface area contributed by atoms with E-state index >= 15 is 0 Å².